The van der Waals surface area contributed by atoms with Gasteiger partial charge in [-0.1, -0.05) is 0 Å². The zero-order valence-electron chi connectivity index (χ0n) is 7.16. The summed E-state index contributed by atoms with van der Waals surface area (Å²) in [5.74, 6) is 3.34. The average molecular weight is 240 g/mol. The van der Waals surface area contributed by atoms with Gasteiger partial charge in [0.05, 0.1) is 12.8 Å². The van der Waals surface area contributed by atoms with Gasteiger partial charge in [0, 0.05) is 6.42 Å². The molecule has 0 saturated heterocycles. The van der Waals surface area contributed by atoms with Crippen LogP contribution in [0.4, 0.5) is 0 Å². The second-order valence-corrected chi connectivity index (χ2v) is 3.29. The molecule has 0 spiro atoms. The van der Waals surface area contributed by atoms with Crippen molar-refractivity contribution in [2.75, 3.05) is 6.61 Å². The highest BCUT2D eigenvalue weighted by Crippen LogP contribution is 2.12. The van der Waals surface area contributed by atoms with Crippen LogP contribution in [0.1, 0.15) is 12.8 Å². The predicted octanol–water partition coefficient (Wildman–Crippen LogP) is 2.64. The van der Waals surface area contributed by atoms with Crippen LogP contribution in [0.3, 0.4) is 0 Å². The van der Waals surface area contributed by atoms with Crippen LogP contribution in [0.15, 0.2) is 22.9 Å². The molecule has 0 amide bonds. The summed E-state index contributed by atoms with van der Waals surface area (Å²) in [6.45, 7) is 0.646. The largest absolute Gasteiger partial charge is 0.492 e. The van der Waals surface area contributed by atoms with E-state index >= 15 is 0 Å². The topological polar surface area (TPSA) is 22.1 Å². The normalized spacial score (nSPS) is 9.23. The quantitative estimate of drug-likeness (QED) is 0.458. The summed E-state index contributed by atoms with van der Waals surface area (Å²) < 4.78 is 6.19. The molecular formula is C10H10BrNO. The van der Waals surface area contributed by atoms with Gasteiger partial charge in [0.1, 0.15) is 10.4 Å². The number of ether oxygens (including phenoxy) is 1. The van der Waals surface area contributed by atoms with Crippen LogP contribution in [0, 0.1) is 12.3 Å². The maximum atomic E-state index is 5.38. The van der Waals surface area contributed by atoms with E-state index in [4.69, 9.17) is 11.2 Å². The third kappa shape index (κ3) is 3.95. The van der Waals surface area contributed by atoms with Crippen LogP contribution in [-0.4, -0.2) is 11.6 Å². The molecule has 0 aliphatic carbocycles. The lowest BCUT2D eigenvalue weighted by molar-refractivity contribution is 0.311. The smallest absolute Gasteiger partial charge is 0.137 e. The van der Waals surface area contributed by atoms with Gasteiger partial charge >= 0.3 is 0 Å². The first-order valence-corrected chi connectivity index (χ1v) is 4.80. The Morgan fingerprint density at radius 3 is 3.00 bits per heavy atom. The van der Waals surface area contributed by atoms with Crippen molar-refractivity contribution in [1.82, 2.24) is 4.98 Å². The second-order valence-electron chi connectivity index (χ2n) is 2.47. The molecule has 0 aliphatic rings. The Bertz CT molecular complexity index is 289. The van der Waals surface area contributed by atoms with E-state index in [2.05, 4.69) is 26.8 Å². The fraction of sp³-hybridized carbons (Fsp3) is 0.300. The minimum Gasteiger partial charge on any atom is -0.492 e. The van der Waals surface area contributed by atoms with E-state index in [1.165, 1.54) is 0 Å². The Labute approximate surface area is 86.5 Å². The van der Waals surface area contributed by atoms with Crippen molar-refractivity contribution in [3.8, 4) is 18.1 Å². The molecule has 1 aromatic heterocycles. The summed E-state index contributed by atoms with van der Waals surface area (Å²) in [5.41, 5.74) is 0. The van der Waals surface area contributed by atoms with Crippen molar-refractivity contribution in [2.24, 2.45) is 0 Å². The average Bonchev–Trinajstić information content (AvgIpc) is 2.15. The van der Waals surface area contributed by atoms with E-state index in [9.17, 15) is 0 Å². The first-order chi connectivity index (χ1) is 6.33. The highest BCUT2D eigenvalue weighted by Gasteiger charge is 1.93. The molecule has 0 radical (unpaired) electrons. The number of aromatic nitrogens is 1. The number of hydrogen-bond donors (Lipinski definition) is 0. The minimum absolute atomic E-state index is 0.646. The first-order valence-electron chi connectivity index (χ1n) is 4.01. The summed E-state index contributed by atoms with van der Waals surface area (Å²) >= 11 is 3.25. The molecule has 0 aromatic carbocycles. The summed E-state index contributed by atoms with van der Waals surface area (Å²) in [6, 6.07) is 3.71. The molecule has 0 saturated carbocycles. The van der Waals surface area contributed by atoms with Gasteiger partial charge in [-0.3, -0.25) is 0 Å². The van der Waals surface area contributed by atoms with Crippen molar-refractivity contribution in [1.29, 1.82) is 0 Å². The fourth-order valence-electron chi connectivity index (χ4n) is 0.812. The maximum Gasteiger partial charge on any atom is 0.137 e. The van der Waals surface area contributed by atoms with E-state index in [0.717, 1.165) is 23.2 Å². The number of pyridine rings is 1. The summed E-state index contributed by atoms with van der Waals surface area (Å²) in [6.07, 6.45) is 8.42. The van der Waals surface area contributed by atoms with Crippen LogP contribution >= 0.6 is 15.9 Å². The summed E-state index contributed by atoms with van der Waals surface area (Å²) in [7, 11) is 0. The van der Waals surface area contributed by atoms with Gasteiger partial charge in [0.25, 0.3) is 0 Å². The van der Waals surface area contributed by atoms with Crippen molar-refractivity contribution in [2.45, 2.75) is 12.8 Å². The Kier molecular flexibility index (Phi) is 4.34. The van der Waals surface area contributed by atoms with Crippen molar-refractivity contribution < 1.29 is 4.74 Å². The molecule has 13 heavy (non-hydrogen) atoms. The van der Waals surface area contributed by atoms with Crippen molar-refractivity contribution in [3.63, 3.8) is 0 Å². The number of halogens is 1. The molecule has 1 aromatic rings. The SMILES string of the molecule is C#CCCCOc1ccc(Br)nc1. The molecule has 1 heterocycles. The van der Waals surface area contributed by atoms with Crippen LogP contribution in [0.2, 0.25) is 0 Å². The molecule has 0 atom stereocenters. The number of hydrogen-bond acceptors (Lipinski definition) is 2. The Balaban J connectivity index is 2.30. The molecule has 2 nitrogen and oxygen atoms in total. The van der Waals surface area contributed by atoms with Crippen molar-refractivity contribution in [3.05, 3.63) is 22.9 Å². The van der Waals surface area contributed by atoms with E-state index in [1.54, 1.807) is 6.20 Å². The third-order valence-electron chi connectivity index (χ3n) is 1.43. The number of unbranched alkanes of at least 4 members (excludes halogenated alkanes) is 1. The lowest BCUT2D eigenvalue weighted by Gasteiger charge is -2.03. The molecular weight excluding hydrogens is 230 g/mol. The molecule has 68 valence electrons. The zero-order valence-corrected chi connectivity index (χ0v) is 8.75. The van der Waals surface area contributed by atoms with E-state index in [-0.39, 0.29) is 0 Å². The van der Waals surface area contributed by atoms with E-state index < -0.39 is 0 Å². The lowest BCUT2D eigenvalue weighted by Crippen LogP contribution is -1.96. The molecule has 3 heteroatoms. The van der Waals surface area contributed by atoms with Gasteiger partial charge in [-0.15, -0.1) is 12.3 Å². The van der Waals surface area contributed by atoms with E-state index in [1.807, 2.05) is 12.1 Å². The zero-order chi connectivity index (χ0) is 9.52. The van der Waals surface area contributed by atoms with Crippen LogP contribution in [-0.2, 0) is 0 Å². The van der Waals surface area contributed by atoms with Gasteiger partial charge in [-0.2, -0.15) is 0 Å². The molecule has 0 bridgehead atoms. The summed E-state index contributed by atoms with van der Waals surface area (Å²) in [5, 5.41) is 0. The van der Waals surface area contributed by atoms with Gasteiger partial charge < -0.3 is 4.74 Å². The molecule has 0 aliphatic heterocycles. The van der Waals surface area contributed by atoms with Gasteiger partial charge in [-0.05, 0) is 34.5 Å². The van der Waals surface area contributed by atoms with Crippen LogP contribution < -0.4 is 4.74 Å². The molecule has 0 unspecified atom stereocenters. The first kappa shape index (κ1) is 10.1. The van der Waals surface area contributed by atoms with Gasteiger partial charge in [0.2, 0.25) is 0 Å². The Morgan fingerprint density at radius 1 is 1.54 bits per heavy atom. The van der Waals surface area contributed by atoms with Crippen molar-refractivity contribution >= 4 is 15.9 Å². The molecule has 0 fully saturated rings. The molecule has 0 N–H and O–H groups in total. The Morgan fingerprint density at radius 2 is 2.38 bits per heavy atom. The maximum absolute atomic E-state index is 5.38. The van der Waals surface area contributed by atoms with Crippen LogP contribution in [0.25, 0.3) is 0 Å². The Hall–Kier alpha value is -1.01. The highest BCUT2D eigenvalue weighted by molar-refractivity contribution is 9.10. The number of terminal acetylenes is 1. The minimum atomic E-state index is 0.646. The van der Waals surface area contributed by atoms with Gasteiger partial charge in [0.15, 0.2) is 0 Å². The fourth-order valence-corrected chi connectivity index (χ4v) is 1.05. The van der Waals surface area contributed by atoms with Crippen LogP contribution in [0.5, 0.6) is 5.75 Å². The molecule has 1 rings (SSSR count). The predicted molar refractivity (Wildman–Crippen MR) is 55.5 cm³/mol. The third-order valence-corrected chi connectivity index (χ3v) is 1.90. The van der Waals surface area contributed by atoms with E-state index in [0.29, 0.717) is 6.61 Å². The van der Waals surface area contributed by atoms with Gasteiger partial charge in [-0.25, -0.2) is 4.98 Å². The monoisotopic (exact) mass is 239 g/mol. The highest BCUT2D eigenvalue weighted by atomic mass is 79.9. The number of nitrogens with zero attached hydrogens (tertiary/aromatic N) is 1. The second kappa shape index (κ2) is 5.60. The standard InChI is InChI=1S/C10H10BrNO/c1-2-3-4-7-13-9-5-6-10(11)12-8-9/h1,5-6,8H,3-4,7H2. The summed E-state index contributed by atoms with van der Waals surface area (Å²) in [4.78, 5) is 4.03. The number of rotatable bonds is 4. The lowest BCUT2D eigenvalue weighted by atomic mass is 10.3.